The highest BCUT2D eigenvalue weighted by Crippen LogP contribution is 2.27. The predicted molar refractivity (Wildman–Crippen MR) is 125 cm³/mol. The van der Waals surface area contributed by atoms with Crippen LogP contribution in [0.25, 0.3) is 5.70 Å². The van der Waals surface area contributed by atoms with E-state index in [4.69, 9.17) is 4.74 Å². The number of halogens is 2. The van der Waals surface area contributed by atoms with Crippen molar-refractivity contribution in [1.82, 2.24) is 4.90 Å². The summed E-state index contributed by atoms with van der Waals surface area (Å²) in [4.78, 5) is 26.7. The van der Waals surface area contributed by atoms with Crippen LogP contribution in [0, 0.1) is 16.5 Å². The summed E-state index contributed by atoms with van der Waals surface area (Å²) in [5.74, 6) is -0.711. The quantitative estimate of drug-likeness (QED) is 0.336. The number of anilines is 1. The molecule has 2 aromatic rings. The molecule has 3 rings (SSSR count). The van der Waals surface area contributed by atoms with Crippen molar-refractivity contribution in [1.29, 1.82) is 0 Å². The van der Waals surface area contributed by atoms with E-state index in [1.807, 2.05) is 23.1 Å². The van der Waals surface area contributed by atoms with Crippen molar-refractivity contribution in [3.63, 3.8) is 0 Å². The number of amides is 1. The number of carbonyl (C=O) groups excluding carboxylic acids is 1. The smallest absolute Gasteiger partial charge is 0.246 e. The van der Waals surface area contributed by atoms with Gasteiger partial charge in [-0.1, -0.05) is 24.6 Å². The number of unbranched alkanes of at least 4 members (excludes halogenated alkanes) is 2. The van der Waals surface area contributed by atoms with Crippen molar-refractivity contribution >= 4 is 17.3 Å². The Hall–Kier alpha value is -3.29. The number of nitrogens with zero attached hydrogens (tertiary/aromatic N) is 3. The Kier molecular flexibility index (Phi) is 8.92. The highest BCUT2D eigenvalue weighted by atomic mass is 19.1. The maximum Gasteiger partial charge on any atom is 0.246 e. The number of allylic oxidation sites excluding steroid dienone is 1. The zero-order valence-corrected chi connectivity index (χ0v) is 18.8. The molecule has 0 aliphatic carbocycles. The fraction of sp³-hybridized carbons (Fsp3) is 0.400. The van der Waals surface area contributed by atoms with Crippen LogP contribution in [0.5, 0.6) is 5.75 Å². The maximum absolute atomic E-state index is 13.9. The summed E-state index contributed by atoms with van der Waals surface area (Å²) in [5, 5.41) is 2.80. The number of benzene rings is 2. The first kappa shape index (κ1) is 24.4. The van der Waals surface area contributed by atoms with Crippen molar-refractivity contribution in [2.45, 2.75) is 32.6 Å². The summed E-state index contributed by atoms with van der Waals surface area (Å²) in [6, 6.07) is 10.7. The van der Waals surface area contributed by atoms with E-state index >= 15 is 0 Å². The van der Waals surface area contributed by atoms with Gasteiger partial charge in [-0.25, -0.2) is 8.78 Å². The normalized spacial score (nSPS) is 14.5. The molecule has 0 aromatic heterocycles. The predicted octanol–water partition coefficient (Wildman–Crippen LogP) is 5.38. The number of hydrogen-bond acceptors (Lipinski definition) is 5. The van der Waals surface area contributed by atoms with Crippen LogP contribution in [0.3, 0.4) is 0 Å². The minimum absolute atomic E-state index is 0.0924. The Bertz CT molecular complexity index is 959. The second-order valence-corrected chi connectivity index (χ2v) is 7.91. The van der Waals surface area contributed by atoms with Gasteiger partial charge in [-0.15, -0.1) is 0 Å². The molecule has 2 aromatic carbocycles. The van der Waals surface area contributed by atoms with E-state index < -0.39 is 11.6 Å². The monoisotopic (exact) mass is 457 g/mol. The zero-order chi connectivity index (χ0) is 23.6. The Labute approximate surface area is 192 Å². The lowest BCUT2D eigenvalue weighted by atomic mass is 10.1. The van der Waals surface area contributed by atoms with E-state index in [-0.39, 0.29) is 19.0 Å². The number of carbonyl (C=O) groups is 1. The van der Waals surface area contributed by atoms with Crippen LogP contribution in [-0.2, 0) is 4.79 Å². The summed E-state index contributed by atoms with van der Waals surface area (Å²) in [6.07, 6.45) is 5.24. The van der Waals surface area contributed by atoms with Crippen LogP contribution in [-0.4, -0.2) is 43.6 Å². The van der Waals surface area contributed by atoms with Crippen molar-refractivity contribution in [3.8, 4) is 5.75 Å². The third kappa shape index (κ3) is 6.84. The van der Waals surface area contributed by atoms with Crippen molar-refractivity contribution in [2.24, 2.45) is 5.18 Å². The summed E-state index contributed by atoms with van der Waals surface area (Å²) in [5.41, 5.74) is 1.88. The lowest BCUT2D eigenvalue weighted by Crippen LogP contribution is -2.49. The minimum Gasteiger partial charge on any atom is -0.494 e. The summed E-state index contributed by atoms with van der Waals surface area (Å²) in [7, 11) is 0. The minimum atomic E-state index is -0.638. The second-order valence-electron chi connectivity index (χ2n) is 7.91. The second kappa shape index (κ2) is 12.1. The Morgan fingerprint density at radius 3 is 2.45 bits per heavy atom. The fourth-order valence-electron chi connectivity index (χ4n) is 3.77. The summed E-state index contributed by atoms with van der Waals surface area (Å²) >= 11 is 0. The van der Waals surface area contributed by atoms with Crippen molar-refractivity contribution in [3.05, 3.63) is 70.6 Å². The molecule has 1 amide bonds. The van der Waals surface area contributed by atoms with Gasteiger partial charge in [0, 0.05) is 42.5 Å². The van der Waals surface area contributed by atoms with E-state index in [0.29, 0.717) is 43.1 Å². The van der Waals surface area contributed by atoms with Crippen LogP contribution >= 0.6 is 0 Å². The van der Waals surface area contributed by atoms with Gasteiger partial charge in [0.15, 0.2) is 0 Å². The van der Waals surface area contributed by atoms with E-state index in [0.717, 1.165) is 31.0 Å². The fourth-order valence-corrected chi connectivity index (χ4v) is 3.77. The third-order valence-corrected chi connectivity index (χ3v) is 5.43. The van der Waals surface area contributed by atoms with Crippen LogP contribution in [0.1, 0.15) is 38.2 Å². The first-order chi connectivity index (χ1) is 16.0. The van der Waals surface area contributed by atoms with Gasteiger partial charge in [0.2, 0.25) is 5.91 Å². The van der Waals surface area contributed by atoms with Crippen molar-refractivity contribution in [2.75, 3.05) is 37.7 Å². The molecule has 0 radical (unpaired) electrons. The first-order valence-electron chi connectivity index (χ1n) is 11.3. The van der Waals surface area contributed by atoms with E-state index in [1.54, 1.807) is 17.0 Å². The van der Waals surface area contributed by atoms with Gasteiger partial charge in [-0.05, 0) is 49.2 Å². The molecule has 1 saturated heterocycles. The highest BCUT2D eigenvalue weighted by molar-refractivity contribution is 5.96. The third-order valence-electron chi connectivity index (χ3n) is 5.43. The van der Waals surface area contributed by atoms with Crippen LogP contribution in [0.2, 0.25) is 0 Å². The van der Waals surface area contributed by atoms with Gasteiger partial charge >= 0.3 is 0 Å². The lowest BCUT2D eigenvalue weighted by Gasteiger charge is -2.37. The average molecular weight is 458 g/mol. The van der Waals surface area contributed by atoms with Gasteiger partial charge in [0.1, 0.15) is 17.4 Å². The van der Waals surface area contributed by atoms with E-state index in [1.165, 1.54) is 12.1 Å². The van der Waals surface area contributed by atoms with Gasteiger partial charge in [-0.3, -0.25) is 4.79 Å². The van der Waals surface area contributed by atoms with Gasteiger partial charge < -0.3 is 14.5 Å². The van der Waals surface area contributed by atoms with E-state index in [9.17, 15) is 18.5 Å². The Morgan fingerprint density at radius 1 is 1.09 bits per heavy atom. The standard InChI is InChI=1S/C25H29F2N3O3/c1-2-3-4-6-24(19-15-20(26)17-21(27)16-19)29-12-13-30(25(31)18-29)22-7-9-23(10-8-22)33-14-5-11-28-32/h6-10,15-17H,2-5,11-14,18H2,1H3/b24-6+. The molecule has 1 fully saturated rings. The number of nitroso groups, excluding NO2 is 1. The SMILES string of the molecule is CCCC/C=C(\c1cc(F)cc(F)c1)N1CCN(c2ccc(OCCCN=O)cc2)C(=O)C1. The molecule has 1 aliphatic rings. The van der Waals surface area contributed by atoms with E-state index in [2.05, 4.69) is 12.1 Å². The molecule has 0 N–H and O–H groups in total. The summed E-state index contributed by atoms with van der Waals surface area (Å²) in [6.45, 7) is 3.81. The number of piperazine rings is 1. The molecule has 0 unspecified atom stereocenters. The molecular weight excluding hydrogens is 428 g/mol. The molecule has 8 heteroatoms. The Morgan fingerprint density at radius 2 is 1.82 bits per heavy atom. The molecule has 6 nitrogen and oxygen atoms in total. The van der Waals surface area contributed by atoms with Gasteiger partial charge in [0.05, 0.1) is 19.7 Å². The Balaban J connectivity index is 1.69. The number of hydrogen-bond donors (Lipinski definition) is 0. The van der Waals surface area contributed by atoms with Crippen LogP contribution in [0.4, 0.5) is 14.5 Å². The molecule has 0 saturated carbocycles. The summed E-state index contributed by atoms with van der Waals surface area (Å²) < 4.78 is 33.3. The molecule has 0 atom stereocenters. The number of ether oxygens (including phenoxy) is 1. The van der Waals surface area contributed by atoms with Gasteiger partial charge in [0.25, 0.3) is 0 Å². The molecule has 1 aliphatic heterocycles. The van der Waals surface area contributed by atoms with Crippen LogP contribution < -0.4 is 9.64 Å². The highest BCUT2D eigenvalue weighted by Gasteiger charge is 2.27. The molecule has 33 heavy (non-hydrogen) atoms. The molecular formula is C25H29F2N3O3. The zero-order valence-electron chi connectivity index (χ0n) is 18.8. The lowest BCUT2D eigenvalue weighted by molar-refractivity contribution is -0.120. The topological polar surface area (TPSA) is 62.2 Å². The molecule has 1 heterocycles. The van der Waals surface area contributed by atoms with Crippen molar-refractivity contribution < 1.29 is 18.3 Å². The first-order valence-corrected chi connectivity index (χ1v) is 11.3. The largest absolute Gasteiger partial charge is 0.494 e. The van der Waals surface area contributed by atoms with Gasteiger partial charge in [-0.2, -0.15) is 4.91 Å². The average Bonchev–Trinajstić information content (AvgIpc) is 2.79. The molecule has 0 spiro atoms. The number of rotatable bonds is 11. The molecule has 0 bridgehead atoms. The van der Waals surface area contributed by atoms with Crippen LogP contribution in [0.15, 0.2) is 53.7 Å². The maximum atomic E-state index is 13.9. The molecule has 176 valence electrons.